The first-order chi connectivity index (χ1) is 11.2. The molecule has 23 heavy (non-hydrogen) atoms. The van der Waals surface area contributed by atoms with Gasteiger partial charge in [-0.1, -0.05) is 17.9 Å². The molecule has 0 saturated heterocycles. The molecule has 0 N–H and O–H groups in total. The van der Waals surface area contributed by atoms with E-state index >= 15 is 0 Å². The van der Waals surface area contributed by atoms with E-state index in [2.05, 4.69) is 35.1 Å². The number of rotatable bonds is 2. The molecule has 114 valence electrons. The third kappa shape index (κ3) is 3.62. The van der Waals surface area contributed by atoms with Gasteiger partial charge in [0, 0.05) is 10.4 Å². The van der Waals surface area contributed by atoms with Gasteiger partial charge in [0.25, 0.3) is 0 Å². The molecule has 0 fully saturated rings. The fourth-order valence-electron chi connectivity index (χ4n) is 2.40. The summed E-state index contributed by atoms with van der Waals surface area (Å²) in [6, 6.07) is 6.28. The van der Waals surface area contributed by atoms with E-state index in [-0.39, 0.29) is 5.56 Å². The Labute approximate surface area is 142 Å². The Morgan fingerprint density at radius 1 is 1.13 bits per heavy atom. The van der Waals surface area contributed by atoms with E-state index in [0.29, 0.717) is 0 Å². The average molecular weight is 343 g/mol. The summed E-state index contributed by atoms with van der Waals surface area (Å²) < 4.78 is 27.5. The summed E-state index contributed by atoms with van der Waals surface area (Å²) >= 11 is 5.97. The monoisotopic (exact) mass is 343 g/mol. The lowest BCUT2D eigenvalue weighted by Gasteiger charge is -1.98. The smallest absolute Gasteiger partial charge is 0.153 e. The first kappa shape index (κ1) is 15.8. The van der Waals surface area contributed by atoms with Crippen LogP contribution in [0.25, 0.3) is 5.57 Å². The van der Waals surface area contributed by atoms with Gasteiger partial charge in [-0.15, -0.1) is 11.3 Å². The Morgan fingerprint density at radius 2 is 1.91 bits per heavy atom. The molecular formula is C18H11F2NS2. The van der Waals surface area contributed by atoms with Gasteiger partial charge in [0.2, 0.25) is 0 Å². The van der Waals surface area contributed by atoms with Crippen molar-refractivity contribution < 1.29 is 8.78 Å². The van der Waals surface area contributed by atoms with Crippen molar-refractivity contribution >= 4 is 40.0 Å². The van der Waals surface area contributed by atoms with Crippen molar-refractivity contribution in [2.24, 2.45) is 4.99 Å². The topological polar surface area (TPSA) is 12.4 Å². The second kappa shape index (κ2) is 6.97. The van der Waals surface area contributed by atoms with Crippen molar-refractivity contribution in [3.8, 4) is 11.8 Å². The predicted molar refractivity (Wildman–Crippen MR) is 93.2 cm³/mol. The highest BCUT2D eigenvalue weighted by molar-refractivity contribution is 7.78. The van der Waals surface area contributed by atoms with Gasteiger partial charge in [0.1, 0.15) is 5.69 Å². The molecule has 0 radical (unpaired) electrons. The summed E-state index contributed by atoms with van der Waals surface area (Å²) in [5.41, 5.74) is 1.19. The van der Waals surface area contributed by atoms with Gasteiger partial charge in [-0.3, -0.25) is 0 Å². The first-order valence-electron chi connectivity index (χ1n) is 7.05. The molecule has 1 nitrogen and oxygen atoms in total. The van der Waals surface area contributed by atoms with Gasteiger partial charge in [-0.05, 0) is 61.3 Å². The third-order valence-corrected chi connectivity index (χ3v) is 4.64. The molecule has 0 bridgehead atoms. The quantitative estimate of drug-likeness (QED) is 0.385. The average Bonchev–Trinajstić information content (AvgIpc) is 3.19. The molecule has 0 spiro atoms. The predicted octanol–water partition coefficient (Wildman–Crippen LogP) is 5.73. The Hall–Kier alpha value is -2.12. The number of aliphatic imine (C=N–C) groups is 1. The molecule has 1 aromatic carbocycles. The molecule has 1 aromatic heterocycles. The fourth-order valence-corrected chi connectivity index (χ4v) is 3.42. The standard InChI is InChI=1S/C18H11F2NS2/c19-15-9-12(10-16(20)18(15)21-11-22)5-6-14-7-8-17(23-14)13-3-1-2-4-13/h3,7-10H,1-2,4H2. The third-order valence-electron chi connectivity index (χ3n) is 3.47. The van der Waals surface area contributed by atoms with Crippen LogP contribution in [0.4, 0.5) is 14.5 Å². The second-order valence-corrected chi connectivity index (χ2v) is 6.29. The van der Waals surface area contributed by atoms with Gasteiger partial charge in [0.05, 0.1) is 10.0 Å². The number of hydrogen-bond acceptors (Lipinski definition) is 3. The van der Waals surface area contributed by atoms with Crippen molar-refractivity contribution in [3.05, 3.63) is 57.3 Å². The minimum Gasteiger partial charge on any atom is -0.204 e. The molecule has 0 saturated carbocycles. The van der Waals surface area contributed by atoms with Crippen molar-refractivity contribution in [1.29, 1.82) is 0 Å². The van der Waals surface area contributed by atoms with Crippen LogP contribution in [0.3, 0.4) is 0 Å². The molecular weight excluding hydrogens is 332 g/mol. The summed E-state index contributed by atoms with van der Waals surface area (Å²) in [4.78, 5) is 5.46. The van der Waals surface area contributed by atoms with Crippen LogP contribution in [-0.4, -0.2) is 5.16 Å². The summed E-state index contributed by atoms with van der Waals surface area (Å²) in [6.07, 6.45) is 5.68. The van der Waals surface area contributed by atoms with E-state index in [1.54, 1.807) is 11.3 Å². The maximum atomic E-state index is 13.7. The number of thiophene rings is 1. The zero-order valence-electron chi connectivity index (χ0n) is 12.0. The first-order valence-corrected chi connectivity index (χ1v) is 8.28. The van der Waals surface area contributed by atoms with E-state index in [1.807, 2.05) is 17.3 Å². The fraction of sp³-hybridized carbons (Fsp3) is 0.167. The van der Waals surface area contributed by atoms with Crippen LogP contribution in [0.1, 0.15) is 34.6 Å². The van der Waals surface area contributed by atoms with E-state index in [4.69, 9.17) is 0 Å². The van der Waals surface area contributed by atoms with Crippen molar-refractivity contribution in [3.63, 3.8) is 0 Å². The summed E-state index contributed by atoms with van der Waals surface area (Å²) in [6.45, 7) is 0. The normalized spacial score (nSPS) is 13.0. The van der Waals surface area contributed by atoms with Crippen LogP contribution < -0.4 is 0 Å². The number of isothiocyanates is 1. The SMILES string of the molecule is Fc1cc(C#Cc2ccc(C3=CCCC3)s2)cc(F)c1N=C=S. The molecule has 0 unspecified atom stereocenters. The molecule has 1 aliphatic rings. The highest BCUT2D eigenvalue weighted by atomic mass is 32.1. The summed E-state index contributed by atoms with van der Waals surface area (Å²) in [5.74, 6) is 4.15. The molecule has 0 amide bonds. The number of allylic oxidation sites excluding steroid dienone is 2. The van der Waals surface area contributed by atoms with Crippen molar-refractivity contribution in [1.82, 2.24) is 0 Å². The zero-order chi connectivity index (χ0) is 16.2. The van der Waals surface area contributed by atoms with Crippen molar-refractivity contribution in [2.75, 3.05) is 0 Å². The van der Waals surface area contributed by atoms with E-state index in [0.717, 1.165) is 29.9 Å². The van der Waals surface area contributed by atoms with Gasteiger partial charge in [-0.2, -0.15) is 4.99 Å². The number of halogens is 2. The van der Waals surface area contributed by atoms with Gasteiger partial charge >= 0.3 is 0 Å². The van der Waals surface area contributed by atoms with Crippen LogP contribution in [0.2, 0.25) is 0 Å². The van der Waals surface area contributed by atoms with Crippen LogP contribution in [0, 0.1) is 23.5 Å². The highest BCUT2D eigenvalue weighted by Crippen LogP contribution is 2.32. The number of benzene rings is 1. The maximum Gasteiger partial charge on any atom is 0.153 e. The largest absolute Gasteiger partial charge is 0.204 e. The lowest BCUT2D eigenvalue weighted by Crippen LogP contribution is -1.86. The molecule has 2 aromatic rings. The Kier molecular flexibility index (Phi) is 4.78. The van der Waals surface area contributed by atoms with Crippen LogP contribution >= 0.6 is 23.6 Å². The number of thiocarbonyl (C=S) groups is 1. The molecule has 0 aliphatic heterocycles. The van der Waals surface area contributed by atoms with Crippen LogP contribution in [0.5, 0.6) is 0 Å². The molecule has 3 rings (SSSR count). The van der Waals surface area contributed by atoms with Gasteiger partial charge in [0.15, 0.2) is 11.6 Å². The lowest BCUT2D eigenvalue weighted by molar-refractivity contribution is 0.587. The van der Waals surface area contributed by atoms with E-state index in [1.165, 1.54) is 16.9 Å². The van der Waals surface area contributed by atoms with Crippen LogP contribution in [0.15, 0.2) is 35.3 Å². The minimum absolute atomic E-state index is 0.262. The molecule has 1 heterocycles. The Bertz CT molecular complexity index is 870. The number of hydrogen-bond donors (Lipinski definition) is 0. The molecule has 0 atom stereocenters. The Morgan fingerprint density at radius 3 is 2.57 bits per heavy atom. The second-order valence-electron chi connectivity index (χ2n) is 5.03. The summed E-state index contributed by atoms with van der Waals surface area (Å²) in [5, 5.41) is 1.96. The minimum atomic E-state index is -0.797. The van der Waals surface area contributed by atoms with Gasteiger partial charge in [-0.25, -0.2) is 8.78 Å². The van der Waals surface area contributed by atoms with Gasteiger partial charge < -0.3 is 0 Å². The Balaban J connectivity index is 1.86. The van der Waals surface area contributed by atoms with E-state index < -0.39 is 17.3 Å². The van der Waals surface area contributed by atoms with Crippen molar-refractivity contribution in [2.45, 2.75) is 19.3 Å². The highest BCUT2D eigenvalue weighted by Gasteiger charge is 2.10. The van der Waals surface area contributed by atoms with Crippen LogP contribution in [-0.2, 0) is 0 Å². The molecule has 1 aliphatic carbocycles. The maximum absolute atomic E-state index is 13.7. The van der Waals surface area contributed by atoms with E-state index in [9.17, 15) is 8.78 Å². The summed E-state index contributed by atoms with van der Waals surface area (Å²) in [7, 11) is 0. The number of nitrogens with zero attached hydrogens (tertiary/aromatic N) is 1. The lowest BCUT2D eigenvalue weighted by atomic mass is 10.2. The zero-order valence-corrected chi connectivity index (χ0v) is 13.7. The molecule has 5 heteroatoms.